The zero-order chi connectivity index (χ0) is 17.7. The second kappa shape index (κ2) is 7.84. The van der Waals surface area contributed by atoms with E-state index < -0.39 is 5.41 Å². The maximum absolute atomic E-state index is 12.5. The van der Waals surface area contributed by atoms with E-state index in [0.717, 1.165) is 37.2 Å². The highest BCUT2D eigenvalue weighted by molar-refractivity contribution is 5.77. The first kappa shape index (κ1) is 18.5. The van der Waals surface area contributed by atoms with Crippen LogP contribution in [0, 0.1) is 5.41 Å². The van der Waals surface area contributed by atoms with Gasteiger partial charge in [-0.15, -0.1) is 6.58 Å². The van der Waals surface area contributed by atoms with Crippen molar-refractivity contribution in [1.29, 1.82) is 0 Å². The number of hydrogen-bond acceptors (Lipinski definition) is 4. The molecule has 1 aromatic carbocycles. The van der Waals surface area contributed by atoms with E-state index in [1.54, 1.807) is 7.11 Å². The molecule has 0 aromatic heterocycles. The van der Waals surface area contributed by atoms with Crippen LogP contribution in [-0.2, 0) is 9.53 Å². The van der Waals surface area contributed by atoms with Gasteiger partial charge in [-0.1, -0.05) is 18.2 Å². The molecule has 0 amide bonds. The Morgan fingerprint density at radius 2 is 2.21 bits per heavy atom. The Hall–Kier alpha value is -1.81. The highest BCUT2D eigenvalue weighted by atomic mass is 16.5. The summed E-state index contributed by atoms with van der Waals surface area (Å²) >= 11 is 0. The number of nitrogens with zero attached hydrogens (tertiary/aromatic N) is 1. The molecular formula is C20H29NO3. The number of methoxy groups -OCH3 is 2. The lowest BCUT2D eigenvalue weighted by Crippen LogP contribution is -2.44. The Labute approximate surface area is 145 Å². The number of ether oxygens (including phenoxy) is 2. The number of carbonyl (C=O) groups excluding carboxylic acids is 1. The molecule has 2 rings (SSSR count). The van der Waals surface area contributed by atoms with Crippen molar-refractivity contribution in [3.05, 3.63) is 42.5 Å². The third-order valence-electron chi connectivity index (χ3n) is 5.10. The molecule has 0 radical (unpaired) electrons. The van der Waals surface area contributed by atoms with Crippen LogP contribution in [0.2, 0.25) is 0 Å². The minimum atomic E-state index is -0.629. The number of hydrogen-bond donors (Lipinski definition) is 0. The van der Waals surface area contributed by atoms with E-state index in [-0.39, 0.29) is 17.9 Å². The van der Waals surface area contributed by atoms with E-state index in [2.05, 4.69) is 17.5 Å². The van der Waals surface area contributed by atoms with Crippen molar-refractivity contribution in [2.75, 3.05) is 27.3 Å². The van der Waals surface area contributed by atoms with Gasteiger partial charge in [-0.3, -0.25) is 9.69 Å². The second-order valence-corrected chi connectivity index (χ2v) is 6.96. The quantitative estimate of drug-likeness (QED) is 0.565. The zero-order valence-corrected chi connectivity index (χ0v) is 15.2. The van der Waals surface area contributed by atoms with Crippen molar-refractivity contribution >= 4 is 5.97 Å². The van der Waals surface area contributed by atoms with Crippen LogP contribution in [0.25, 0.3) is 0 Å². The summed E-state index contributed by atoms with van der Waals surface area (Å²) in [7, 11) is 3.13. The first-order chi connectivity index (χ1) is 11.5. The number of esters is 1. The first-order valence-corrected chi connectivity index (χ1v) is 8.53. The monoisotopic (exact) mass is 331 g/mol. The normalized spacial score (nSPS) is 19.8. The van der Waals surface area contributed by atoms with Crippen LogP contribution < -0.4 is 4.74 Å². The van der Waals surface area contributed by atoms with Gasteiger partial charge in [0.1, 0.15) is 5.75 Å². The lowest BCUT2D eigenvalue weighted by atomic mass is 9.70. The number of carbonyl (C=O) groups is 1. The third-order valence-corrected chi connectivity index (χ3v) is 5.10. The van der Waals surface area contributed by atoms with Crippen LogP contribution in [0.15, 0.2) is 36.9 Å². The van der Waals surface area contributed by atoms with Crippen molar-refractivity contribution in [2.45, 2.75) is 38.6 Å². The molecule has 1 aliphatic rings. The molecule has 0 bridgehead atoms. The van der Waals surface area contributed by atoms with Gasteiger partial charge in [0.2, 0.25) is 0 Å². The molecule has 1 heterocycles. The van der Waals surface area contributed by atoms with E-state index in [1.165, 1.54) is 7.11 Å². The van der Waals surface area contributed by atoms with Gasteiger partial charge in [0, 0.05) is 18.5 Å². The Kier molecular flexibility index (Phi) is 6.05. The van der Waals surface area contributed by atoms with Crippen LogP contribution in [0.5, 0.6) is 5.75 Å². The number of likely N-dealkylation sites (tertiary alicyclic amines) is 1. The topological polar surface area (TPSA) is 38.8 Å². The molecule has 4 heteroatoms. The maximum Gasteiger partial charge on any atom is 0.311 e. The molecule has 0 N–H and O–H groups in total. The second-order valence-electron chi connectivity index (χ2n) is 6.96. The minimum Gasteiger partial charge on any atom is -0.497 e. The molecule has 0 unspecified atom stereocenters. The van der Waals surface area contributed by atoms with E-state index in [0.29, 0.717) is 0 Å². The summed E-state index contributed by atoms with van der Waals surface area (Å²) in [6, 6.07) is 8.33. The molecule has 0 saturated carbocycles. The molecule has 132 valence electrons. The van der Waals surface area contributed by atoms with E-state index in [9.17, 15) is 4.79 Å². The Morgan fingerprint density at radius 1 is 1.46 bits per heavy atom. The average Bonchev–Trinajstić information content (AvgIpc) is 3.02. The minimum absolute atomic E-state index is 0.0301. The van der Waals surface area contributed by atoms with Gasteiger partial charge in [-0.05, 0) is 50.9 Å². The van der Waals surface area contributed by atoms with Crippen molar-refractivity contribution in [3.63, 3.8) is 0 Å². The van der Waals surface area contributed by atoms with Gasteiger partial charge in [0.25, 0.3) is 0 Å². The third kappa shape index (κ3) is 3.64. The molecule has 2 atom stereocenters. The summed E-state index contributed by atoms with van der Waals surface area (Å²) in [5, 5.41) is 0. The number of benzene rings is 1. The summed E-state index contributed by atoms with van der Waals surface area (Å²) in [6.07, 6.45) is 4.14. The van der Waals surface area contributed by atoms with Crippen molar-refractivity contribution in [2.24, 2.45) is 5.41 Å². The molecule has 1 saturated heterocycles. The van der Waals surface area contributed by atoms with Gasteiger partial charge in [0.15, 0.2) is 0 Å². The summed E-state index contributed by atoms with van der Waals surface area (Å²) in [5.74, 6) is 0.662. The summed E-state index contributed by atoms with van der Waals surface area (Å²) in [6.45, 7) is 9.71. The fraction of sp³-hybridized carbons (Fsp3) is 0.550. The van der Waals surface area contributed by atoms with Gasteiger partial charge in [-0.25, -0.2) is 0 Å². The molecule has 0 aliphatic carbocycles. The zero-order valence-electron chi connectivity index (χ0n) is 15.2. The van der Waals surface area contributed by atoms with E-state index in [4.69, 9.17) is 9.47 Å². The molecule has 4 nitrogen and oxygen atoms in total. The highest BCUT2D eigenvalue weighted by Gasteiger charge is 2.46. The molecular weight excluding hydrogens is 302 g/mol. The Balaban J connectivity index is 2.48. The molecule has 0 spiro atoms. The van der Waals surface area contributed by atoms with Crippen molar-refractivity contribution < 1.29 is 14.3 Å². The summed E-state index contributed by atoms with van der Waals surface area (Å²) in [5.41, 5.74) is 0.487. The lowest BCUT2D eigenvalue weighted by molar-refractivity contribution is -0.153. The largest absolute Gasteiger partial charge is 0.497 e. The van der Waals surface area contributed by atoms with Crippen LogP contribution in [0.1, 0.15) is 38.2 Å². The van der Waals surface area contributed by atoms with E-state index in [1.807, 2.05) is 38.1 Å². The molecule has 1 aliphatic heterocycles. The van der Waals surface area contributed by atoms with Crippen molar-refractivity contribution in [1.82, 2.24) is 4.90 Å². The Bertz CT molecular complexity index is 582. The van der Waals surface area contributed by atoms with Gasteiger partial charge in [-0.2, -0.15) is 0 Å². The molecule has 1 fully saturated rings. The van der Waals surface area contributed by atoms with Gasteiger partial charge in [0.05, 0.1) is 19.6 Å². The number of rotatable bonds is 7. The fourth-order valence-electron chi connectivity index (χ4n) is 3.97. The van der Waals surface area contributed by atoms with Crippen molar-refractivity contribution in [3.8, 4) is 5.75 Å². The van der Waals surface area contributed by atoms with Gasteiger partial charge < -0.3 is 9.47 Å². The molecule has 1 aromatic rings. The van der Waals surface area contributed by atoms with Crippen LogP contribution in [0.4, 0.5) is 0 Å². The van der Waals surface area contributed by atoms with Crippen LogP contribution in [0.3, 0.4) is 0 Å². The predicted molar refractivity (Wildman–Crippen MR) is 96.3 cm³/mol. The smallest absolute Gasteiger partial charge is 0.311 e. The summed E-state index contributed by atoms with van der Waals surface area (Å²) in [4.78, 5) is 15.0. The maximum atomic E-state index is 12.5. The van der Waals surface area contributed by atoms with Crippen LogP contribution >= 0.6 is 0 Å². The summed E-state index contributed by atoms with van der Waals surface area (Å²) < 4.78 is 10.5. The fourth-order valence-corrected chi connectivity index (χ4v) is 3.97. The average molecular weight is 331 g/mol. The molecule has 24 heavy (non-hydrogen) atoms. The van der Waals surface area contributed by atoms with Crippen LogP contribution in [-0.4, -0.2) is 44.2 Å². The SMILES string of the molecule is C=CCN1CCC[C@H]1[C@@H](c1cccc(OC)c1)C(C)(C)C(=O)OC. The first-order valence-electron chi connectivity index (χ1n) is 8.53. The van der Waals surface area contributed by atoms with Gasteiger partial charge >= 0.3 is 5.97 Å². The lowest BCUT2D eigenvalue weighted by Gasteiger charge is -2.40. The van der Waals surface area contributed by atoms with E-state index >= 15 is 0 Å². The Morgan fingerprint density at radius 3 is 2.83 bits per heavy atom. The predicted octanol–water partition coefficient (Wildman–Crippen LogP) is 3.63. The standard InChI is InChI=1S/C20H29NO3/c1-6-12-21-13-8-11-17(21)18(20(2,3)19(22)24-5)15-9-7-10-16(14-15)23-4/h6-7,9-10,14,17-18H,1,8,11-13H2,2-5H3/t17-,18+/m0/s1. The highest BCUT2D eigenvalue weighted by Crippen LogP contribution is 2.44.